The summed E-state index contributed by atoms with van der Waals surface area (Å²) in [5, 5.41) is 18.0. The number of hydrogen-bond acceptors (Lipinski definition) is 27. The predicted octanol–water partition coefficient (Wildman–Crippen LogP) is 9.48. The average molecular weight is 1540 g/mol. The van der Waals surface area contributed by atoms with Crippen LogP contribution < -0.4 is 52.7 Å². The maximum atomic E-state index is 12.1. The van der Waals surface area contributed by atoms with Crippen molar-refractivity contribution in [2.24, 2.45) is 10.8 Å². The van der Waals surface area contributed by atoms with Crippen LogP contribution in [0.3, 0.4) is 0 Å². The fraction of sp³-hybridized carbons (Fsp3) is 0.365. The molecule has 0 spiro atoms. The number of carboxylic acid groups (broad SMARTS) is 2. The molecule has 12 heterocycles. The molecule has 0 atom stereocenters. The zero-order valence-electron chi connectivity index (χ0n) is 60.4. The van der Waals surface area contributed by atoms with Gasteiger partial charge in [0.25, 0.3) is 41.2 Å². The summed E-state index contributed by atoms with van der Waals surface area (Å²) in [5.74, 6) is -0.876. The Morgan fingerprint density at radius 2 is 0.872 bits per heavy atom. The van der Waals surface area contributed by atoms with Crippen molar-refractivity contribution in [2.45, 2.75) is 80.3 Å². The van der Waals surface area contributed by atoms with E-state index in [4.69, 9.17) is 83.5 Å². The van der Waals surface area contributed by atoms with E-state index in [1.165, 1.54) is 53.7 Å². The number of aldehydes is 1. The SMILES string of the molecule is CC(C)(C)C(=O)Cl.CC(C)(C)C(=O)OC(=O)/C=C/c1cnc2c(c1)OCCO2.CCOC(=O)/C=C/c1cnc2c(c1)OCCO2.O=C(O)/C=C/c1cnc2c(c1)OCCO2.O=C(O)C(F)(F)F.O=C1C=CCCCN1.O=C1C=CCCCN1C(=O)/C=C/c1cnc2c(c1)OCCO2.O=Cc1cnc2c(c1)OCCO2. The summed E-state index contributed by atoms with van der Waals surface area (Å²) in [5.41, 5.74) is 2.21. The molecule has 7 aliphatic rings. The Balaban J connectivity index is 0.000000230. The molecule has 3 amide bonds. The van der Waals surface area contributed by atoms with Crippen LogP contribution in [0.15, 0.2) is 110 Å². The molecule has 35 heteroatoms. The summed E-state index contributed by atoms with van der Waals surface area (Å²) in [6.07, 6.45) is 25.0. The molecule has 12 rings (SSSR count). The summed E-state index contributed by atoms with van der Waals surface area (Å²) in [7, 11) is 0. The molecule has 0 aromatic carbocycles. The van der Waals surface area contributed by atoms with Gasteiger partial charge in [0, 0.05) is 79.4 Å². The van der Waals surface area contributed by atoms with Gasteiger partial charge in [0.15, 0.2) is 35.0 Å². The fourth-order valence-corrected chi connectivity index (χ4v) is 8.05. The first-order chi connectivity index (χ1) is 51.8. The summed E-state index contributed by atoms with van der Waals surface area (Å²) < 4.78 is 94.3. The minimum Gasteiger partial charge on any atom is -0.484 e. The van der Waals surface area contributed by atoms with Crippen LogP contribution >= 0.6 is 11.6 Å². The number of halogens is 4. The first kappa shape index (κ1) is 87.4. The Hall–Kier alpha value is -12.2. The molecule has 0 bridgehead atoms. The number of imide groups is 1. The number of nitrogens with one attached hydrogen (secondary N) is 1. The van der Waals surface area contributed by atoms with E-state index in [1.54, 1.807) is 122 Å². The van der Waals surface area contributed by atoms with Gasteiger partial charge in [0.2, 0.25) is 11.1 Å². The Labute approximate surface area is 628 Å². The first-order valence-electron chi connectivity index (χ1n) is 33.4. The number of ether oxygens (including phenoxy) is 12. The van der Waals surface area contributed by atoms with Crippen LogP contribution in [-0.2, 0) is 52.6 Å². The topological polar surface area (TPSA) is 402 Å². The van der Waals surface area contributed by atoms with E-state index in [9.17, 15) is 56.3 Å². The number of rotatable bonds is 10. The van der Waals surface area contributed by atoms with Crippen LogP contribution in [0.25, 0.3) is 24.3 Å². The largest absolute Gasteiger partial charge is 0.490 e. The van der Waals surface area contributed by atoms with Crippen molar-refractivity contribution in [3.63, 3.8) is 0 Å². The molecule has 0 aliphatic carbocycles. The third-order valence-corrected chi connectivity index (χ3v) is 14.0. The van der Waals surface area contributed by atoms with E-state index in [-0.39, 0.29) is 34.3 Å². The van der Waals surface area contributed by atoms with Gasteiger partial charge in [-0.1, -0.05) is 32.9 Å². The van der Waals surface area contributed by atoms with Gasteiger partial charge in [-0.2, -0.15) is 13.2 Å². The summed E-state index contributed by atoms with van der Waals surface area (Å²) in [4.78, 5) is 130. The Morgan fingerprint density at radius 1 is 0.523 bits per heavy atom. The van der Waals surface area contributed by atoms with Gasteiger partial charge in [0.1, 0.15) is 66.1 Å². The molecular formula is C74H81ClF3N7O24. The second-order valence-corrected chi connectivity index (χ2v) is 24.7. The normalized spacial score (nSPS) is 14.8. The number of allylic oxidation sites excluding steroid dienone is 2. The van der Waals surface area contributed by atoms with Gasteiger partial charge in [-0.3, -0.25) is 33.7 Å². The van der Waals surface area contributed by atoms with Gasteiger partial charge in [-0.25, -0.2) is 44.1 Å². The lowest BCUT2D eigenvalue weighted by Crippen LogP contribution is -2.34. The highest BCUT2D eigenvalue weighted by Crippen LogP contribution is 2.33. The predicted molar refractivity (Wildman–Crippen MR) is 383 cm³/mol. The van der Waals surface area contributed by atoms with Crippen LogP contribution in [0.5, 0.6) is 58.1 Å². The fourth-order valence-electron chi connectivity index (χ4n) is 8.05. The summed E-state index contributed by atoms with van der Waals surface area (Å²) >= 11 is 5.11. The zero-order valence-corrected chi connectivity index (χ0v) is 61.1. The monoisotopic (exact) mass is 1540 g/mol. The lowest BCUT2D eigenvalue weighted by Gasteiger charge is -2.17. The number of carbonyl (C=O) groups is 10. The van der Waals surface area contributed by atoms with E-state index < -0.39 is 35.5 Å². The molecule has 3 N–H and O–H groups in total. The van der Waals surface area contributed by atoms with E-state index in [0.717, 1.165) is 55.7 Å². The molecule has 109 heavy (non-hydrogen) atoms. The van der Waals surface area contributed by atoms with Gasteiger partial charge in [0.05, 0.1) is 12.0 Å². The van der Waals surface area contributed by atoms with Gasteiger partial charge in [-0.15, -0.1) is 0 Å². The maximum absolute atomic E-state index is 12.1. The van der Waals surface area contributed by atoms with Crippen LogP contribution in [0.4, 0.5) is 13.2 Å². The summed E-state index contributed by atoms with van der Waals surface area (Å²) in [6.45, 7) is 18.7. The molecule has 5 aromatic rings. The number of pyridine rings is 5. The highest BCUT2D eigenvalue weighted by Gasteiger charge is 2.38. The zero-order chi connectivity index (χ0) is 79.9. The standard InChI is InChI=1S/C16H16N2O4.C15H17NO5.C12H13NO4.C10H9NO4.C8H7NO3.C6H9NO.C5H9ClO.C2HF3O2/c19-14-4-2-1-3-7-18(14)15(20)6-5-12-10-13-16(17-11-12)22-9-8-21-13;1-15(2,3)14(18)21-12(17)5-4-10-8-11-13(16-9-10)20-7-6-19-11;1-2-15-11(14)4-3-9-7-10-12(13-8-9)17-6-5-16-10;12-9(13)2-1-7-5-8-10(11-6-7)15-4-3-14-8;10-5-6-3-7-8(9-4-6)12-2-1-11-7;8-6-4-2-1-3-5-7-6;1-5(2,3)4(6)7;3-2(4,5)1(6)7/h2,4-6,10-11H,1,3,7-9H2;4-5,8-9H,6-7H2,1-3H3;3-4,7-8H,2,5-6H2,1H3;1-2,5-6H,3-4H2,(H,12,13);3-5H,1-2H2;2,4H,1,3,5H2,(H,7,8);1-3H3;(H,6,7)/b6-5+;5-4+;4-3+;2-1+;;;;. The summed E-state index contributed by atoms with van der Waals surface area (Å²) in [6, 6.07) is 8.55. The van der Waals surface area contributed by atoms with E-state index in [0.29, 0.717) is 154 Å². The number of esters is 3. The second kappa shape index (κ2) is 44.7. The second-order valence-electron chi connectivity index (χ2n) is 24.4. The van der Waals surface area contributed by atoms with E-state index in [2.05, 4.69) is 30.2 Å². The van der Waals surface area contributed by atoms with Crippen molar-refractivity contribution in [3.05, 3.63) is 138 Å². The molecular weight excluding hydrogens is 1460 g/mol. The van der Waals surface area contributed by atoms with Crippen molar-refractivity contribution in [1.29, 1.82) is 0 Å². The molecule has 0 radical (unpaired) electrons. The van der Waals surface area contributed by atoms with Gasteiger partial charge in [-0.05, 0) is 154 Å². The van der Waals surface area contributed by atoms with E-state index >= 15 is 0 Å². The number of fused-ring (bicyclic) bond motifs is 5. The minimum atomic E-state index is -5.08. The lowest BCUT2D eigenvalue weighted by molar-refractivity contribution is -0.192. The van der Waals surface area contributed by atoms with Crippen LogP contribution in [0.1, 0.15) is 107 Å². The van der Waals surface area contributed by atoms with Crippen molar-refractivity contribution in [3.8, 4) is 58.1 Å². The van der Waals surface area contributed by atoms with Gasteiger partial charge < -0.3 is 72.4 Å². The smallest absolute Gasteiger partial charge is 0.484 e. The molecule has 7 aliphatic heterocycles. The number of aliphatic carboxylic acids is 2. The number of nitrogens with zero attached hydrogens (tertiary/aromatic N) is 6. The Bertz CT molecular complexity index is 4140. The van der Waals surface area contributed by atoms with Gasteiger partial charge >= 0.3 is 36.0 Å². The molecule has 31 nitrogen and oxygen atoms in total. The number of aromatic nitrogens is 5. The number of amides is 3. The van der Waals surface area contributed by atoms with Crippen molar-refractivity contribution < 1.29 is 128 Å². The molecule has 0 saturated heterocycles. The minimum absolute atomic E-state index is 0.0440. The molecule has 0 saturated carbocycles. The van der Waals surface area contributed by atoms with Crippen LogP contribution in [0.2, 0.25) is 0 Å². The highest BCUT2D eigenvalue weighted by atomic mass is 35.5. The maximum Gasteiger partial charge on any atom is 0.490 e. The van der Waals surface area contributed by atoms with Crippen LogP contribution in [0, 0.1) is 10.8 Å². The Kier molecular flexibility index (Phi) is 35.8. The number of alkyl halides is 3. The van der Waals surface area contributed by atoms with Crippen molar-refractivity contribution in [2.75, 3.05) is 85.8 Å². The third kappa shape index (κ3) is 33.0. The van der Waals surface area contributed by atoms with Crippen molar-refractivity contribution in [1.82, 2.24) is 35.1 Å². The van der Waals surface area contributed by atoms with Crippen molar-refractivity contribution >= 4 is 95.0 Å². The number of carboxylic acids is 2. The first-order valence-corrected chi connectivity index (χ1v) is 33.8. The molecule has 0 unspecified atom stereocenters. The molecule has 5 aromatic heterocycles. The quantitative estimate of drug-likeness (QED) is 0.0385. The molecule has 584 valence electrons. The molecule has 0 fully saturated rings. The van der Waals surface area contributed by atoms with Crippen LogP contribution in [-0.4, -0.2) is 191 Å². The number of carbonyl (C=O) groups excluding carboxylic acids is 8. The number of hydrogen-bond donors (Lipinski definition) is 3. The third-order valence-electron chi connectivity index (χ3n) is 13.5. The Morgan fingerprint density at radius 3 is 1.24 bits per heavy atom. The highest BCUT2D eigenvalue weighted by molar-refractivity contribution is 6.64. The van der Waals surface area contributed by atoms with E-state index in [1.807, 2.05) is 6.08 Å². The average Bonchev–Trinajstić information content (AvgIpc) is 1.01. The lowest BCUT2D eigenvalue weighted by atomic mass is 9.97.